The molecule has 0 amide bonds. The number of rotatable bonds is 2. The fraction of sp³-hybridized carbons (Fsp3) is 0.278. The number of carbonyl (C=O) groups is 1. The van der Waals surface area contributed by atoms with Gasteiger partial charge in [-0.05, 0) is 19.4 Å². The van der Waals surface area contributed by atoms with Crippen molar-refractivity contribution in [2.24, 2.45) is 0 Å². The second kappa shape index (κ2) is 4.71. The zero-order valence-corrected chi connectivity index (χ0v) is 12.4. The molecule has 1 heterocycles. The van der Waals surface area contributed by atoms with Gasteiger partial charge in [0.05, 0.1) is 5.41 Å². The van der Waals surface area contributed by atoms with Gasteiger partial charge in [-0.1, -0.05) is 54.6 Å². The topological polar surface area (TPSA) is 35.5 Å². The summed E-state index contributed by atoms with van der Waals surface area (Å²) in [5, 5.41) is 0. The van der Waals surface area contributed by atoms with Gasteiger partial charge in [0, 0.05) is 18.2 Å². The molecule has 0 radical (unpaired) electrons. The highest BCUT2D eigenvalue weighted by Crippen LogP contribution is 2.45. The average Bonchev–Trinajstić information content (AvgIpc) is 2.52. The summed E-state index contributed by atoms with van der Waals surface area (Å²) in [6.07, 6.45) is 0. The lowest BCUT2D eigenvalue weighted by atomic mass is 9.76. The molecule has 21 heavy (non-hydrogen) atoms. The molecule has 1 aliphatic heterocycles. The van der Waals surface area contributed by atoms with Gasteiger partial charge >= 0.3 is 5.97 Å². The van der Waals surface area contributed by atoms with E-state index in [-0.39, 0.29) is 5.97 Å². The number of carbonyl (C=O) groups excluding carboxylic acids is 1. The van der Waals surface area contributed by atoms with Gasteiger partial charge in [-0.25, -0.2) is 0 Å². The lowest BCUT2D eigenvalue weighted by molar-refractivity contribution is -0.220. The van der Waals surface area contributed by atoms with Crippen molar-refractivity contribution >= 4 is 5.97 Å². The Bertz CT molecular complexity index is 676. The van der Waals surface area contributed by atoms with Crippen molar-refractivity contribution in [1.29, 1.82) is 0 Å². The summed E-state index contributed by atoms with van der Waals surface area (Å²) in [4.78, 5) is 12.5. The number of hydrogen-bond donors (Lipinski definition) is 0. The minimum absolute atomic E-state index is 0.285. The molecule has 0 N–H and O–H groups in total. The SMILES string of the molecule is CO[C@@]1(c2ccccc2)OC(=O)C(C)(C)c2ccccc21. The molecular weight excluding hydrogens is 264 g/mol. The van der Waals surface area contributed by atoms with E-state index in [9.17, 15) is 4.79 Å². The predicted molar refractivity (Wildman–Crippen MR) is 79.8 cm³/mol. The van der Waals surface area contributed by atoms with Crippen molar-refractivity contribution < 1.29 is 14.3 Å². The van der Waals surface area contributed by atoms with Gasteiger partial charge in [0.25, 0.3) is 5.79 Å². The average molecular weight is 282 g/mol. The largest absolute Gasteiger partial charge is 0.423 e. The Balaban J connectivity index is 2.31. The number of esters is 1. The first-order valence-electron chi connectivity index (χ1n) is 6.96. The van der Waals surface area contributed by atoms with Gasteiger partial charge in [0.15, 0.2) is 0 Å². The van der Waals surface area contributed by atoms with Crippen molar-refractivity contribution in [3.63, 3.8) is 0 Å². The molecule has 0 bridgehead atoms. The summed E-state index contributed by atoms with van der Waals surface area (Å²) in [5.74, 6) is -1.46. The summed E-state index contributed by atoms with van der Waals surface area (Å²) < 4.78 is 11.5. The van der Waals surface area contributed by atoms with Crippen molar-refractivity contribution in [2.45, 2.75) is 25.0 Å². The molecule has 0 aromatic heterocycles. The summed E-state index contributed by atoms with van der Waals surface area (Å²) in [5.41, 5.74) is 1.94. The first kappa shape index (κ1) is 13.8. The molecule has 2 aromatic rings. The highest BCUT2D eigenvalue weighted by atomic mass is 16.7. The predicted octanol–water partition coefficient (Wildman–Crippen LogP) is 3.37. The molecule has 0 unspecified atom stereocenters. The third-order valence-corrected chi connectivity index (χ3v) is 4.14. The van der Waals surface area contributed by atoms with Gasteiger partial charge < -0.3 is 9.47 Å². The smallest absolute Gasteiger partial charge is 0.319 e. The zero-order chi connectivity index (χ0) is 15.1. The van der Waals surface area contributed by atoms with Crippen LogP contribution in [0.15, 0.2) is 54.6 Å². The summed E-state index contributed by atoms with van der Waals surface area (Å²) in [6.45, 7) is 3.75. The fourth-order valence-corrected chi connectivity index (χ4v) is 2.88. The molecular formula is C18H18O3. The monoisotopic (exact) mass is 282 g/mol. The van der Waals surface area contributed by atoms with E-state index in [1.54, 1.807) is 7.11 Å². The van der Waals surface area contributed by atoms with Crippen LogP contribution in [0, 0.1) is 0 Å². The van der Waals surface area contributed by atoms with E-state index in [2.05, 4.69) is 0 Å². The minimum Gasteiger partial charge on any atom is -0.423 e. The van der Waals surface area contributed by atoms with Crippen LogP contribution < -0.4 is 0 Å². The molecule has 2 aromatic carbocycles. The maximum absolute atomic E-state index is 12.5. The molecule has 3 heteroatoms. The molecule has 108 valence electrons. The molecule has 1 aliphatic rings. The van der Waals surface area contributed by atoms with E-state index in [0.29, 0.717) is 0 Å². The van der Waals surface area contributed by atoms with Gasteiger partial charge in [-0.3, -0.25) is 4.79 Å². The normalized spacial score (nSPS) is 23.3. The standard InChI is InChI=1S/C18H18O3/c1-17(2)14-11-7-8-12-15(14)18(20-3,21-16(17)19)13-9-5-4-6-10-13/h4-12H,1-3H3/t18-/m0/s1. The number of cyclic esters (lactones) is 1. The Morgan fingerprint density at radius 2 is 1.48 bits per heavy atom. The quantitative estimate of drug-likeness (QED) is 0.792. The van der Waals surface area contributed by atoms with Crippen LogP contribution in [-0.4, -0.2) is 13.1 Å². The fourth-order valence-electron chi connectivity index (χ4n) is 2.88. The number of fused-ring (bicyclic) bond motifs is 1. The van der Waals surface area contributed by atoms with Crippen molar-refractivity contribution in [1.82, 2.24) is 0 Å². The molecule has 1 atom stereocenters. The number of benzene rings is 2. The van der Waals surface area contributed by atoms with Crippen molar-refractivity contribution in [3.8, 4) is 0 Å². The maximum Gasteiger partial charge on any atom is 0.319 e. The van der Waals surface area contributed by atoms with Crippen LogP contribution >= 0.6 is 0 Å². The van der Waals surface area contributed by atoms with Gasteiger partial charge in [0.2, 0.25) is 0 Å². The molecule has 0 fully saturated rings. The van der Waals surface area contributed by atoms with Crippen molar-refractivity contribution in [3.05, 3.63) is 71.3 Å². The number of hydrogen-bond acceptors (Lipinski definition) is 3. The zero-order valence-electron chi connectivity index (χ0n) is 12.4. The van der Waals surface area contributed by atoms with Crippen LogP contribution in [0.3, 0.4) is 0 Å². The Morgan fingerprint density at radius 1 is 0.905 bits per heavy atom. The molecule has 0 saturated carbocycles. The van der Waals surface area contributed by atoms with Crippen LogP contribution in [-0.2, 0) is 25.5 Å². The highest BCUT2D eigenvalue weighted by Gasteiger charge is 2.51. The summed E-state index contributed by atoms with van der Waals surface area (Å²) in [6, 6.07) is 17.4. The van der Waals surface area contributed by atoms with Gasteiger partial charge in [-0.2, -0.15) is 0 Å². The van der Waals surface area contributed by atoms with Crippen molar-refractivity contribution in [2.75, 3.05) is 7.11 Å². The Labute approximate surface area is 124 Å². The molecule has 3 nitrogen and oxygen atoms in total. The molecule has 3 rings (SSSR count). The lowest BCUT2D eigenvalue weighted by Gasteiger charge is -2.43. The Morgan fingerprint density at radius 3 is 2.10 bits per heavy atom. The minimum atomic E-state index is -1.18. The van der Waals surface area contributed by atoms with E-state index < -0.39 is 11.2 Å². The van der Waals surface area contributed by atoms with Crippen LogP contribution in [0.25, 0.3) is 0 Å². The first-order valence-corrected chi connectivity index (χ1v) is 6.96. The second-order valence-electron chi connectivity index (χ2n) is 5.75. The molecule has 0 aliphatic carbocycles. The van der Waals surface area contributed by atoms with E-state index in [4.69, 9.17) is 9.47 Å². The number of ether oxygens (including phenoxy) is 2. The third-order valence-electron chi connectivity index (χ3n) is 4.14. The number of methoxy groups -OCH3 is 1. The lowest BCUT2D eigenvalue weighted by Crippen LogP contribution is -2.48. The Kier molecular flexibility index (Phi) is 3.10. The maximum atomic E-state index is 12.5. The van der Waals surface area contributed by atoms with Crippen LogP contribution in [0.5, 0.6) is 0 Å². The van der Waals surface area contributed by atoms with E-state index in [1.807, 2.05) is 68.4 Å². The Hall–Kier alpha value is -2.13. The van der Waals surface area contributed by atoms with Crippen LogP contribution in [0.1, 0.15) is 30.5 Å². The summed E-state index contributed by atoms with van der Waals surface area (Å²) in [7, 11) is 1.56. The summed E-state index contributed by atoms with van der Waals surface area (Å²) >= 11 is 0. The van der Waals surface area contributed by atoms with Gasteiger partial charge in [-0.15, -0.1) is 0 Å². The highest BCUT2D eigenvalue weighted by molar-refractivity contribution is 5.85. The van der Waals surface area contributed by atoms with E-state index in [1.165, 1.54) is 0 Å². The second-order valence-corrected chi connectivity index (χ2v) is 5.75. The van der Waals surface area contributed by atoms with Gasteiger partial charge in [0.1, 0.15) is 0 Å². The van der Waals surface area contributed by atoms with Crippen LogP contribution in [0.4, 0.5) is 0 Å². The first-order chi connectivity index (χ1) is 10.0. The van der Waals surface area contributed by atoms with Crippen LogP contribution in [0.2, 0.25) is 0 Å². The molecule has 0 saturated heterocycles. The van der Waals surface area contributed by atoms with E-state index in [0.717, 1.165) is 16.7 Å². The molecule has 0 spiro atoms. The van der Waals surface area contributed by atoms with E-state index >= 15 is 0 Å². The third kappa shape index (κ3) is 1.88.